The van der Waals surface area contributed by atoms with Crippen molar-refractivity contribution in [3.05, 3.63) is 163 Å². The molecule has 6 aromatic carbocycles. The molecule has 6 aromatic rings. The van der Waals surface area contributed by atoms with Gasteiger partial charge in [0.2, 0.25) is 13.4 Å². The van der Waals surface area contributed by atoms with Crippen molar-refractivity contribution in [2.45, 2.75) is 102 Å². The Bertz CT molecular complexity index is 2100. The van der Waals surface area contributed by atoms with Crippen LogP contribution in [0.25, 0.3) is 0 Å². The van der Waals surface area contributed by atoms with E-state index in [2.05, 4.69) is 182 Å². The topological polar surface area (TPSA) is 9.23 Å². The monoisotopic (exact) mass is 706 g/mol. The summed E-state index contributed by atoms with van der Waals surface area (Å²) >= 11 is 0. The first kappa shape index (κ1) is 37.6. The molecule has 0 fully saturated rings. The second kappa shape index (κ2) is 13.8. The maximum absolute atomic E-state index is 7.64. The third-order valence-corrected chi connectivity index (χ3v) is 12.4. The smallest absolute Gasteiger partial charge is 0.247 e. The summed E-state index contributed by atoms with van der Waals surface area (Å²) in [6, 6.07) is 32.6. The quantitative estimate of drug-likeness (QED) is 0.157. The standard InChI is InChI=1S/C51H56B2O/c1-29-21-33(5)45(34(6)22-29)52(46-35(7)23-30(2)24-36(46)8)43-19-15-17-41-49(43)54-50-42(51(41,13)14)18-16-20-44(50)53(47-37(9)25-31(3)26-38(47)10)48-39(11)27-32(4)28-40(48)12/h15-28H,1-14H3. The van der Waals surface area contributed by atoms with Gasteiger partial charge in [0.05, 0.1) is 0 Å². The highest BCUT2D eigenvalue weighted by atomic mass is 16.5. The van der Waals surface area contributed by atoms with Gasteiger partial charge < -0.3 is 4.74 Å². The van der Waals surface area contributed by atoms with Crippen LogP contribution in [0.4, 0.5) is 0 Å². The van der Waals surface area contributed by atoms with Crippen LogP contribution in [0.15, 0.2) is 84.9 Å². The zero-order chi connectivity index (χ0) is 39.0. The first-order valence-electron chi connectivity index (χ1n) is 19.7. The first-order valence-corrected chi connectivity index (χ1v) is 19.7. The number of hydrogen-bond donors (Lipinski definition) is 0. The Morgan fingerprint density at radius 3 is 0.852 bits per heavy atom. The van der Waals surface area contributed by atoms with Crippen LogP contribution in [0, 0.1) is 83.1 Å². The fourth-order valence-corrected chi connectivity index (χ4v) is 10.5. The van der Waals surface area contributed by atoms with Gasteiger partial charge in [0.15, 0.2) is 0 Å². The molecule has 0 amide bonds. The van der Waals surface area contributed by atoms with Crippen molar-refractivity contribution in [1.29, 1.82) is 0 Å². The molecule has 272 valence electrons. The lowest BCUT2D eigenvalue weighted by Crippen LogP contribution is -2.58. The third kappa shape index (κ3) is 6.24. The molecule has 0 unspecified atom stereocenters. The average molecular weight is 707 g/mol. The molecule has 0 aliphatic carbocycles. The minimum absolute atomic E-state index is 0.00429. The molecule has 0 saturated heterocycles. The van der Waals surface area contributed by atoms with Gasteiger partial charge in [-0.05, 0) is 94.0 Å². The van der Waals surface area contributed by atoms with Gasteiger partial charge in [-0.2, -0.15) is 0 Å². The fraction of sp³-hybridized carbons (Fsp3) is 0.294. The van der Waals surface area contributed by atoms with E-state index in [0.717, 1.165) is 11.5 Å². The first-order chi connectivity index (χ1) is 25.5. The lowest BCUT2D eigenvalue weighted by Gasteiger charge is -2.39. The van der Waals surface area contributed by atoms with Crippen molar-refractivity contribution in [2.75, 3.05) is 0 Å². The molecular formula is C51H56B2O. The number of aryl methyl sites for hydroxylation is 12. The van der Waals surface area contributed by atoms with Crippen molar-refractivity contribution >= 4 is 46.2 Å². The molecule has 7 rings (SSSR count). The molecule has 1 aliphatic rings. The molecule has 0 N–H and O–H groups in total. The largest absolute Gasteiger partial charge is 0.458 e. The average Bonchev–Trinajstić information content (AvgIpc) is 3.05. The van der Waals surface area contributed by atoms with E-state index in [0.29, 0.717) is 0 Å². The summed E-state index contributed by atoms with van der Waals surface area (Å²) in [5, 5.41) is 0. The zero-order valence-electron chi connectivity index (χ0n) is 35.1. The molecule has 0 saturated carbocycles. The van der Waals surface area contributed by atoms with Crippen molar-refractivity contribution in [3.8, 4) is 11.5 Å². The molecule has 0 radical (unpaired) electrons. The molecular weight excluding hydrogens is 650 g/mol. The number of hydrogen-bond acceptors (Lipinski definition) is 1. The highest BCUT2D eigenvalue weighted by molar-refractivity contribution is 6.98. The summed E-state index contributed by atoms with van der Waals surface area (Å²) in [7, 11) is 0. The van der Waals surface area contributed by atoms with Crippen molar-refractivity contribution < 1.29 is 4.74 Å². The molecule has 1 aliphatic heterocycles. The van der Waals surface area contributed by atoms with Crippen LogP contribution in [0.1, 0.15) is 91.7 Å². The van der Waals surface area contributed by atoms with E-state index in [-0.39, 0.29) is 18.8 Å². The van der Waals surface area contributed by atoms with Crippen LogP contribution < -0.4 is 37.5 Å². The normalized spacial score (nSPS) is 12.9. The lowest BCUT2D eigenvalue weighted by molar-refractivity contribution is 0.424. The Hall–Kier alpha value is -4.75. The van der Waals surface area contributed by atoms with Crippen molar-refractivity contribution in [2.24, 2.45) is 0 Å². The third-order valence-electron chi connectivity index (χ3n) is 12.4. The minimum atomic E-state index is -0.298. The Morgan fingerprint density at radius 2 is 0.611 bits per heavy atom. The summed E-state index contributed by atoms with van der Waals surface area (Å²) in [5.41, 5.74) is 25.9. The highest BCUT2D eigenvalue weighted by Crippen LogP contribution is 2.46. The summed E-state index contributed by atoms with van der Waals surface area (Å²) < 4.78 is 7.64. The van der Waals surface area contributed by atoms with E-state index in [4.69, 9.17) is 4.74 Å². The van der Waals surface area contributed by atoms with E-state index in [1.807, 2.05) is 0 Å². The van der Waals surface area contributed by atoms with Gasteiger partial charge in [-0.1, -0.05) is 187 Å². The van der Waals surface area contributed by atoms with Gasteiger partial charge in [-0.15, -0.1) is 0 Å². The Balaban J connectivity index is 1.55. The van der Waals surface area contributed by atoms with E-state index in [1.165, 1.54) is 111 Å². The Kier molecular flexibility index (Phi) is 9.62. The second-order valence-electron chi connectivity index (χ2n) is 17.3. The van der Waals surface area contributed by atoms with Gasteiger partial charge in [0.1, 0.15) is 11.5 Å². The van der Waals surface area contributed by atoms with Crippen LogP contribution in [-0.2, 0) is 5.41 Å². The molecule has 0 bridgehead atoms. The predicted molar refractivity (Wildman–Crippen MR) is 237 cm³/mol. The molecule has 0 spiro atoms. The Labute approximate surface area is 326 Å². The fourth-order valence-electron chi connectivity index (χ4n) is 10.5. The van der Waals surface area contributed by atoms with E-state index >= 15 is 0 Å². The lowest BCUT2D eigenvalue weighted by atomic mass is 9.33. The number of rotatable bonds is 6. The number of para-hydroxylation sites is 2. The summed E-state index contributed by atoms with van der Waals surface area (Å²) in [4.78, 5) is 0. The molecule has 3 heteroatoms. The Morgan fingerprint density at radius 1 is 0.370 bits per heavy atom. The number of benzene rings is 6. The van der Waals surface area contributed by atoms with Gasteiger partial charge in [0.25, 0.3) is 0 Å². The summed E-state index contributed by atoms with van der Waals surface area (Å²) in [6.07, 6.45) is 0. The molecule has 0 aromatic heterocycles. The van der Waals surface area contributed by atoms with Crippen LogP contribution in [-0.4, -0.2) is 13.4 Å². The minimum Gasteiger partial charge on any atom is -0.458 e. The van der Waals surface area contributed by atoms with Crippen molar-refractivity contribution in [1.82, 2.24) is 0 Å². The molecule has 54 heavy (non-hydrogen) atoms. The number of ether oxygens (including phenoxy) is 1. The van der Waals surface area contributed by atoms with Gasteiger partial charge in [-0.3, -0.25) is 0 Å². The summed E-state index contributed by atoms with van der Waals surface area (Å²) in [6.45, 7) is 31.9. The van der Waals surface area contributed by atoms with Gasteiger partial charge in [-0.25, -0.2) is 0 Å². The SMILES string of the molecule is Cc1cc(C)c(B(c2cccc3c2Oc2c(B(c4c(C)cc(C)cc4C)c4c(C)cc(C)cc4C)cccc2C3(C)C)c2c(C)cc(C)cc2C)c(C)c1. The van der Waals surface area contributed by atoms with Gasteiger partial charge >= 0.3 is 0 Å². The maximum Gasteiger partial charge on any atom is 0.247 e. The van der Waals surface area contributed by atoms with Crippen molar-refractivity contribution in [3.63, 3.8) is 0 Å². The van der Waals surface area contributed by atoms with Crippen LogP contribution >= 0.6 is 0 Å². The van der Waals surface area contributed by atoms with Crippen LogP contribution in [0.5, 0.6) is 11.5 Å². The van der Waals surface area contributed by atoms with E-state index in [1.54, 1.807) is 0 Å². The highest BCUT2D eigenvalue weighted by Gasteiger charge is 2.42. The van der Waals surface area contributed by atoms with Crippen LogP contribution in [0.2, 0.25) is 0 Å². The van der Waals surface area contributed by atoms with E-state index < -0.39 is 0 Å². The van der Waals surface area contributed by atoms with E-state index in [9.17, 15) is 0 Å². The van der Waals surface area contributed by atoms with Gasteiger partial charge in [0, 0.05) is 16.5 Å². The van der Waals surface area contributed by atoms with Crippen LogP contribution in [0.3, 0.4) is 0 Å². The molecule has 1 nitrogen and oxygen atoms in total. The maximum atomic E-state index is 7.64. The summed E-state index contributed by atoms with van der Waals surface area (Å²) in [5.74, 6) is 2.00. The second-order valence-corrected chi connectivity index (χ2v) is 17.3. The molecule has 0 atom stereocenters. The zero-order valence-corrected chi connectivity index (χ0v) is 35.1. The molecule has 1 heterocycles. The predicted octanol–water partition coefficient (Wildman–Crippen LogP) is 8.85. The number of fused-ring (bicyclic) bond motifs is 2.